The number of halogens is 1. The van der Waals surface area contributed by atoms with Crippen LogP contribution < -0.4 is 5.73 Å². The fraction of sp³-hybridized carbons (Fsp3) is 0.455. The molecule has 0 aliphatic heterocycles. The molecule has 4 nitrogen and oxygen atoms in total. The Labute approximate surface area is 110 Å². The second-order valence-electron chi connectivity index (χ2n) is 4.33. The highest BCUT2D eigenvalue weighted by atomic mass is 35.5. The van der Waals surface area contributed by atoms with Gasteiger partial charge in [-0.05, 0) is 41.7 Å². The van der Waals surface area contributed by atoms with Gasteiger partial charge in [0.1, 0.15) is 0 Å². The predicted molar refractivity (Wildman–Crippen MR) is 68.4 cm³/mol. The molecule has 0 amide bonds. The maximum atomic E-state index is 6.13. The summed E-state index contributed by atoms with van der Waals surface area (Å²) in [5.41, 5.74) is 7.01. The van der Waals surface area contributed by atoms with E-state index in [4.69, 9.17) is 10.3 Å². The zero-order valence-electron chi connectivity index (χ0n) is 9.26. The van der Waals surface area contributed by atoms with Crippen molar-refractivity contribution in [1.82, 2.24) is 10.1 Å². The van der Waals surface area contributed by atoms with E-state index in [1.54, 1.807) is 11.3 Å². The Morgan fingerprint density at radius 2 is 2.29 bits per heavy atom. The minimum Gasteiger partial charge on any atom is -0.339 e. The van der Waals surface area contributed by atoms with Crippen LogP contribution in [0.25, 0.3) is 0 Å². The summed E-state index contributed by atoms with van der Waals surface area (Å²) in [6.07, 6.45) is 3.78. The van der Waals surface area contributed by atoms with Crippen LogP contribution in [0.5, 0.6) is 0 Å². The van der Waals surface area contributed by atoms with Crippen molar-refractivity contribution in [2.75, 3.05) is 0 Å². The van der Waals surface area contributed by atoms with E-state index < -0.39 is 0 Å². The topological polar surface area (TPSA) is 64.9 Å². The summed E-state index contributed by atoms with van der Waals surface area (Å²) >= 11 is 1.67. The number of nitrogens with zero attached hydrogens (tertiary/aromatic N) is 2. The Kier molecular flexibility index (Phi) is 3.51. The first-order valence-electron chi connectivity index (χ1n) is 5.39. The summed E-state index contributed by atoms with van der Waals surface area (Å²) in [7, 11) is 0. The van der Waals surface area contributed by atoms with Crippen LogP contribution in [0.15, 0.2) is 21.3 Å². The quantitative estimate of drug-likeness (QED) is 0.931. The fourth-order valence-corrected chi connectivity index (χ4v) is 2.55. The first-order chi connectivity index (χ1) is 7.76. The van der Waals surface area contributed by atoms with Crippen molar-refractivity contribution in [1.29, 1.82) is 0 Å². The molecule has 1 aliphatic rings. The average Bonchev–Trinajstić information content (AvgIpc) is 2.86. The Morgan fingerprint density at radius 3 is 2.88 bits per heavy atom. The van der Waals surface area contributed by atoms with Gasteiger partial charge < -0.3 is 10.3 Å². The molecule has 0 bridgehead atoms. The van der Waals surface area contributed by atoms with Gasteiger partial charge in [0, 0.05) is 0 Å². The van der Waals surface area contributed by atoms with Gasteiger partial charge >= 0.3 is 0 Å². The first kappa shape index (κ1) is 12.5. The van der Waals surface area contributed by atoms with Crippen molar-refractivity contribution in [3.8, 4) is 0 Å². The Bertz CT molecular complexity index is 479. The lowest BCUT2D eigenvalue weighted by Gasteiger charge is -2.34. The molecule has 92 valence electrons. The minimum atomic E-state index is -0.323. The Morgan fingerprint density at radius 1 is 1.47 bits per heavy atom. The molecule has 2 N–H and O–H groups in total. The molecule has 1 aliphatic carbocycles. The fourth-order valence-electron chi connectivity index (χ4n) is 1.88. The predicted octanol–water partition coefficient (Wildman–Crippen LogP) is 2.48. The Balaban J connectivity index is 0.00000108. The second-order valence-corrected chi connectivity index (χ2v) is 5.11. The zero-order chi connectivity index (χ0) is 11.0. The van der Waals surface area contributed by atoms with Crippen LogP contribution in [0.4, 0.5) is 0 Å². The molecular weight excluding hydrogens is 258 g/mol. The van der Waals surface area contributed by atoms with E-state index in [0.29, 0.717) is 18.1 Å². The minimum absolute atomic E-state index is 0. The molecule has 0 saturated heterocycles. The van der Waals surface area contributed by atoms with Gasteiger partial charge in [0.2, 0.25) is 5.89 Å². The highest BCUT2D eigenvalue weighted by Crippen LogP contribution is 2.36. The molecule has 2 aromatic heterocycles. The van der Waals surface area contributed by atoms with E-state index in [2.05, 4.69) is 21.6 Å². The zero-order valence-corrected chi connectivity index (χ0v) is 10.9. The largest absolute Gasteiger partial charge is 0.339 e. The molecule has 2 aromatic rings. The summed E-state index contributed by atoms with van der Waals surface area (Å²) < 4.78 is 5.22. The van der Waals surface area contributed by atoms with Gasteiger partial charge in [0.25, 0.3) is 0 Å². The van der Waals surface area contributed by atoms with Gasteiger partial charge in [0.15, 0.2) is 5.82 Å². The number of aromatic nitrogens is 2. The summed E-state index contributed by atoms with van der Waals surface area (Å²) in [5, 5.41) is 8.12. The molecule has 3 rings (SSSR count). The van der Waals surface area contributed by atoms with Crippen molar-refractivity contribution in [3.63, 3.8) is 0 Å². The van der Waals surface area contributed by atoms with Crippen molar-refractivity contribution in [2.45, 2.75) is 31.2 Å². The highest BCUT2D eigenvalue weighted by Gasteiger charge is 2.38. The van der Waals surface area contributed by atoms with Crippen molar-refractivity contribution >= 4 is 23.7 Å². The van der Waals surface area contributed by atoms with Crippen LogP contribution in [0.3, 0.4) is 0 Å². The van der Waals surface area contributed by atoms with Gasteiger partial charge in [-0.3, -0.25) is 0 Å². The first-order valence-corrected chi connectivity index (χ1v) is 6.34. The normalized spacial score (nSPS) is 17.2. The Hall–Kier alpha value is -0.910. The molecule has 0 atom stereocenters. The average molecular weight is 272 g/mol. The smallest absolute Gasteiger partial charge is 0.231 e. The SMILES string of the molecule is Cl.NC1(c2noc(Cc3ccsc3)n2)CCC1. The second kappa shape index (κ2) is 4.76. The summed E-state index contributed by atoms with van der Waals surface area (Å²) in [6, 6.07) is 2.07. The number of hydrogen-bond donors (Lipinski definition) is 1. The molecule has 0 aromatic carbocycles. The van der Waals surface area contributed by atoms with E-state index in [0.717, 1.165) is 19.3 Å². The van der Waals surface area contributed by atoms with Crippen LogP contribution in [0, 0.1) is 0 Å². The lowest BCUT2D eigenvalue weighted by atomic mass is 9.77. The van der Waals surface area contributed by atoms with Gasteiger partial charge in [0.05, 0.1) is 12.0 Å². The van der Waals surface area contributed by atoms with Crippen molar-refractivity contribution in [2.24, 2.45) is 5.73 Å². The number of thiophene rings is 1. The standard InChI is InChI=1S/C11H13N3OS.ClH/c12-11(3-1-4-11)10-13-9(15-14-10)6-8-2-5-16-7-8;/h2,5,7H,1,3-4,6,12H2;1H. The summed E-state index contributed by atoms with van der Waals surface area (Å²) in [5.74, 6) is 1.33. The van der Waals surface area contributed by atoms with Gasteiger partial charge in [-0.25, -0.2) is 0 Å². The van der Waals surface area contributed by atoms with Crippen molar-refractivity contribution < 1.29 is 4.52 Å². The molecule has 0 spiro atoms. The summed E-state index contributed by atoms with van der Waals surface area (Å²) in [6.45, 7) is 0. The highest BCUT2D eigenvalue weighted by molar-refractivity contribution is 7.07. The van der Waals surface area contributed by atoms with E-state index in [1.165, 1.54) is 5.56 Å². The van der Waals surface area contributed by atoms with Gasteiger partial charge in [-0.15, -0.1) is 12.4 Å². The molecule has 0 radical (unpaired) electrons. The third-order valence-corrected chi connectivity index (χ3v) is 3.83. The van der Waals surface area contributed by atoms with E-state index in [1.807, 2.05) is 5.38 Å². The summed E-state index contributed by atoms with van der Waals surface area (Å²) in [4.78, 5) is 4.38. The lowest BCUT2D eigenvalue weighted by molar-refractivity contribution is 0.229. The molecular formula is C11H14ClN3OS. The third kappa shape index (κ3) is 2.36. The van der Waals surface area contributed by atoms with Crippen molar-refractivity contribution in [3.05, 3.63) is 34.1 Å². The molecule has 2 heterocycles. The molecule has 1 saturated carbocycles. The maximum Gasteiger partial charge on any atom is 0.231 e. The molecule has 0 unspecified atom stereocenters. The molecule has 17 heavy (non-hydrogen) atoms. The van der Waals surface area contributed by atoms with Crippen LogP contribution in [-0.4, -0.2) is 10.1 Å². The molecule has 1 fully saturated rings. The van der Waals surface area contributed by atoms with Crippen LogP contribution in [0.1, 0.15) is 36.5 Å². The lowest BCUT2D eigenvalue weighted by Crippen LogP contribution is -2.44. The number of nitrogens with two attached hydrogens (primary N) is 1. The number of hydrogen-bond acceptors (Lipinski definition) is 5. The molecule has 6 heteroatoms. The van der Waals surface area contributed by atoms with Crippen LogP contribution in [-0.2, 0) is 12.0 Å². The van der Waals surface area contributed by atoms with Crippen LogP contribution >= 0.6 is 23.7 Å². The monoisotopic (exact) mass is 271 g/mol. The van der Waals surface area contributed by atoms with Gasteiger partial charge in [-0.2, -0.15) is 16.3 Å². The van der Waals surface area contributed by atoms with E-state index in [-0.39, 0.29) is 17.9 Å². The maximum absolute atomic E-state index is 6.13. The van der Waals surface area contributed by atoms with Gasteiger partial charge in [-0.1, -0.05) is 5.16 Å². The number of rotatable bonds is 3. The van der Waals surface area contributed by atoms with E-state index >= 15 is 0 Å². The van der Waals surface area contributed by atoms with E-state index in [9.17, 15) is 0 Å². The third-order valence-electron chi connectivity index (χ3n) is 3.09. The van der Waals surface area contributed by atoms with Crippen LogP contribution in [0.2, 0.25) is 0 Å².